The molecule has 0 atom stereocenters. The Morgan fingerprint density at radius 3 is 2.59 bits per heavy atom. The van der Waals surface area contributed by atoms with E-state index in [0.717, 1.165) is 49.9 Å². The molecule has 1 aliphatic carbocycles. The summed E-state index contributed by atoms with van der Waals surface area (Å²) < 4.78 is 55.6. The summed E-state index contributed by atoms with van der Waals surface area (Å²) in [4.78, 5) is 0. The molecule has 1 aromatic heterocycles. The van der Waals surface area contributed by atoms with Crippen molar-refractivity contribution in [1.29, 1.82) is 0 Å². The maximum atomic E-state index is 12.1. The van der Waals surface area contributed by atoms with Gasteiger partial charge in [-0.05, 0) is 25.2 Å². The van der Waals surface area contributed by atoms with Crippen LogP contribution < -0.4 is 14.8 Å². The van der Waals surface area contributed by atoms with E-state index >= 15 is 0 Å². The van der Waals surface area contributed by atoms with Gasteiger partial charge in [-0.1, -0.05) is 0 Å². The third-order valence-corrected chi connectivity index (χ3v) is 4.69. The molecule has 0 aromatic carbocycles. The van der Waals surface area contributed by atoms with Crippen molar-refractivity contribution in [3.63, 3.8) is 0 Å². The fraction of sp³-hybridized carbons (Fsp3) is 0.846. The first-order valence-corrected chi connectivity index (χ1v) is 8.15. The Bertz CT molecular complexity index is 487. The van der Waals surface area contributed by atoms with Crippen LogP contribution in [0.2, 0.25) is 0 Å². The Hall–Kier alpha value is -1.09. The van der Waals surface area contributed by atoms with Gasteiger partial charge in [-0.3, -0.25) is 5.32 Å². The Morgan fingerprint density at radius 2 is 1.95 bits per heavy atom. The van der Waals surface area contributed by atoms with E-state index in [1.54, 1.807) is 0 Å². The van der Waals surface area contributed by atoms with E-state index in [9.17, 15) is 13.2 Å². The van der Waals surface area contributed by atoms with Crippen molar-refractivity contribution in [3.8, 4) is 11.8 Å². The predicted octanol–water partition coefficient (Wildman–Crippen LogP) is 3.13. The Labute approximate surface area is 130 Å². The molecule has 0 unspecified atom stereocenters. The normalized spacial score (nSPS) is 27.9. The van der Waals surface area contributed by atoms with Gasteiger partial charge in [0.2, 0.25) is 0 Å². The van der Waals surface area contributed by atoms with Crippen LogP contribution in [0.15, 0.2) is 0 Å². The van der Waals surface area contributed by atoms with E-state index in [1.807, 2.05) is 0 Å². The summed E-state index contributed by atoms with van der Waals surface area (Å²) >= 11 is 0.940. The summed E-state index contributed by atoms with van der Waals surface area (Å²) in [6, 6.07) is 0. The van der Waals surface area contributed by atoms with Gasteiger partial charge in [-0.25, -0.2) is 0 Å². The molecular formula is C13H18F3N3O2S. The average Bonchev–Trinajstić information content (AvgIpc) is 2.91. The van der Waals surface area contributed by atoms with E-state index < -0.39 is 18.3 Å². The van der Waals surface area contributed by atoms with Gasteiger partial charge in [-0.15, -0.1) is 8.75 Å². The molecule has 1 aromatic rings. The first kappa shape index (κ1) is 15.8. The highest BCUT2D eigenvalue weighted by molar-refractivity contribution is 6.99. The fourth-order valence-electron chi connectivity index (χ4n) is 2.94. The molecule has 0 radical (unpaired) electrons. The van der Waals surface area contributed by atoms with Gasteiger partial charge in [-0.2, -0.15) is 13.2 Å². The molecule has 0 amide bonds. The molecule has 2 bridgehead atoms. The molecule has 2 aliphatic heterocycles. The Morgan fingerprint density at radius 1 is 1.23 bits per heavy atom. The number of halogens is 3. The average molecular weight is 337 g/mol. The standard InChI is InChI=1S/C13H18F3N3O2S/c14-13(15,16)4-1-7-20-10-11(19-22-18-10)21-12-5-2-9(3-6-12)8-17-12/h9,17H,1-8H2. The first-order valence-electron chi connectivity index (χ1n) is 7.42. The number of nitrogens with zero attached hydrogens (tertiary/aromatic N) is 2. The van der Waals surface area contributed by atoms with Crippen LogP contribution in [0.1, 0.15) is 38.5 Å². The van der Waals surface area contributed by atoms with Gasteiger partial charge < -0.3 is 9.47 Å². The van der Waals surface area contributed by atoms with Crippen molar-refractivity contribution in [2.75, 3.05) is 13.2 Å². The van der Waals surface area contributed by atoms with Crippen molar-refractivity contribution in [2.45, 2.75) is 50.4 Å². The first-order chi connectivity index (χ1) is 10.5. The molecule has 3 aliphatic rings. The number of fused-ring (bicyclic) bond motifs is 3. The lowest BCUT2D eigenvalue weighted by Crippen LogP contribution is -2.59. The summed E-state index contributed by atoms with van der Waals surface area (Å²) in [5, 5.41) is 3.40. The summed E-state index contributed by atoms with van der Waals surface area (Å²) in [6.07, 6.45) is -1.09. The smallest absolute Gasteiger partial charge is 0.389 e. The maximum absolute atomic E-state index is 12.1. The molecular weight excluding hydrogens is 319 g/mol. The maximum Gasteiger partial charge on any atom is 0.389 e. The minimum absolute atomic E-state index is 0.0518. The Balaban J connectivity index is 1.53. The van der Waals surface area contributed by atoms with Crippen LogP contribution in [-0.2, 0) is 0 Å². The lowest BCUT2D eigenvalue weighted by atomic mass is 9.79. The molecule has 5 nitrogen and oxygen atoms in total. The van der Waals surface area contributed by atoms with Crippen molar-refractivity contribution in [1.82, 2.24) is 14.1 Å². The molecule has 1 saturated carbocycles. The van der Waals surface area contributed by atoms with Crippen LogP contribution in [0, 0.1) is 5.92 Å². The van der Waals surface area contributed by atoms with Crippen molar-refractivity contribution >= 4 is 11.7 Å². The van der Waals surface area contributed by atoms with Crippen LogP contribution in [-0.4, -0.2) is 33.8 Å². The van der Waals surface area contributed by atoms with Crippen LogP contribution in [0.4, 0.5) is 13.2 Å². The highest BCUT2D eigenvalue weighted by Gasteiger charge is 2.43. The van der Waals surface area contributed by atoms with E-state index in [1.165, 1.54) is 0 Å². The van der Waals surface area contributed by atoms with Gasteiger partial charge in [0.15, 0.2) is 5.72 Å². The molecule has 3 heterocycles. The summed E-state index contributed by atoms with van der Waals surface area (Å²) in [6.45, 7) is 0.878. The fourth-order valence-corrected chi connectivity index (χ4v) is 3.38. The number of rotatable bonds is 6. The van der Waals surface area contributed by atoms with E-state index in [4.69, 9.17) is 9.47 Å². The molecule has 1 N–H and O–H groups in total. The highest BCUT2D eigenvalue weighted by Crippen LogP contribution is 2.39. The van der Waals surface area contributed by atoms with Gasteiger partial charge in [0.05, 0.1) is 18.3 Å². The van der Waals surface area contributed by atoms with Crippen molar-refractivity contribution in [2.24, 2.45) is 5.92 Å². The van der Waals surface area contributed by atoms with E-state index in [0.29, 0.717) is 0 Å². The lowest BCUT2D eigenvalue weighted by Gasteiger charge is -2.46. The van der Waals surface area contributed by atoms with Crippen LogP contribution in [0.3, 0.4) is 0 Å². The quantitative estimate of drug-likeness (QED) is 0.808. The molecule has 3 fully saturated rings. The van der Waals surface area contributed by atoms with Crippen LogP contribution in [0.5, 0.6) is 11.8 Å². The highest BCUT2D eigenvalue weighted by atomic mass is 32.1. The zero-order valence-corrected chi connectivity index (χ0v) is 12.8. The molecule has 0 spiro atoms. The third-order valence-electron chi connectivity index (χ3n) is 4.19. The minimum Gasteiger partial charge on any atom is -0.473 e. The third kappa shape index (κ3) is 3.81. The molecule has 9 heteroatoms. The predicted molar refractivity (Wildman–Crippen MR) is 74.0 cm³/mol. The van der Waals surface area contributed by atoms with Gasteiger partial charge >= 0.3 is 6.18 Å². The lowest BCUT2D eigenvalue weighted by molar-refractivity contribution is -0.136. The second-order valence-electron chi connectivity index (χ2n) is 5.86. The van der Waals surface area contributed by atoms with Gasteiger partial charge in [0.25, 0.3) is 11.8 Å². The van der Waals surface area contributed by atoms with Crippen LogP contribution in [0.25, 0.3) is 0 Å². The number of piperidine rings is 2. The monoisotopic (exact) mass is 337 g/mol. The number of aromatic nitrogens is 2. The summed E-state index contributed by atoms with van der Waals surface area (Å²) in [5.74, 6) is 1.19. The zero-order chi connectivity index (χ0) is 15.6. The SMILES string of the molecule is FC(F)(F)CCCOc1nsnc1OC12CCC(CC1)CN2. The minimum atomic E-state index is -4.16. The summed E-state index contributed by atoms with van der Waals surface area (Å²) in [7, 11) is 0. The second kappa shape index (κ2) is 6.19. The number of nitrogens with one attached hydrogen (secondary N) is 1. The zero-order valence-electron chi connectivity index (χ0n) is 12.0. The largest absolute Gasteiger partial charge is 0.473 e. The topological polar surface area (TPSA) is 56.3 Å². The molecule has 22 heavy (non-hydrogen) atoms. The van der Waals surface area contributed by atoms with Crippen molar-refractivity contribution < 1.29 is 22.6 Å². The number of hydrogen-bond acceptors (Lipinski definition) is 6. The van der Waals surface area contributed by atoms with E-state index in [-0.39, 0.29) is 24.8 Å². The number of alkyl halides is 3. The van der Waals surface area contributed by atoms with Gasteiger partial charge in [0.1, 0.15) is 0 Å². The molecule has 2 saturated heterocycles. The Kier molecular flexibility index (Phi) is 4.44. The van der Waals surface area contributed by atoms with Crippen LogP contribution >= 0.6 is 11.7 Å². The number of ether oxygens (including phenoxy) is 2. The van der Waals surface area contributed by atoms with Gasteiger partial charge in [0, 0.05) is 25.8 Å². The second-order valence-corrected chi connectivity index (χ2v) is 6.39. The molecule has 4 rings (SSSR count). The molecule has 124 valence electrons. The van der Waals surface area contributed by atoms with E-state index in [2.05, 4.69) is 14.1 Å². The number of hydrogen-bond donors (Lipinski definition) is 1. The van der Waals surface area contributed by atoms with Crippen molar-refractivity contribution in [3.05, 3.63) is 0 Å². The summed E-state index contributed by atoms with van der Waals surface area (Å²) in [5.41, 5.74) is -0.422.